The van der Waals surface area contributed by atoms with Crippen molar-refractivity contribution < 1.29 is 28.6 Å². The van der Waals surface area contributed by atoms with Crippen LogP contribution in [0.4, 0.5) is 0 Å². The van der Waals surface area contributed by atoms with E-state index in [-0.39, 0.29) is 17.0 Å². The van der Waals surface area contributed by atoms with E-state index in [0.717, 1.165) is 0 Å². The van der Waals surface area contributed by atoms with Gasteiger partial charge in [-0.05, 0) is 38.5 Å². The summed E-state index contributed by atoms with van der Waals surface area (Å²) in [6.45, 7) is 4.39. The van der Waals surface area contributed by atoms with E-state index in [1.165, 1.54) is 33.3 Å². The van der Waals surface area contributed by atoms with Gasteiger partial charge in [0.05, 0.1) is 25.5 Å². The molecule has 0 bridgehead atoms. The number of aromatic amines is 1. The van der Waals surface area contributed by atoms with Gasteiger partial charge in [0, 0.05) is 17.3 Å². The normalized spacial score (nSPS) is 10.3. The average Bonchev–Trinajstić information content (AvgIpc) is 2.93. The Bertz CT molecular complexity index is 843. The predicted molar refractivity (Wildman–Crippen MR) is 94.4 cm³/mol. The summed E-state index contributed by atoms with van der Waals surface area (Å²) >= 11 is 0. The molecule has 0 saturated heterocycles. The van der Waals surface area contributed by atoms with Crippen molar-refractivity contribution in [2.45, 2.75) is 20.8 Å². The van der Waals surface area contributed by atoms with Gasteiger partial charge >= 0.3 is 5.97 Å². The SMILES string of the molecule is COc1cc(OC)cc(C(=O)OCC(=O)c2[nH]c(C)c(C(C)=O)c2C)c1. The summed E-state index contributed by atoms with van der Waals surface area (Å²) in [7, 11) is 2.94. The van der Waals surface area contributed by atoms with E-state index in [1.807, 2.05) is 0 Å². The number of carbonyl (C=O) groups excluding carboxylic acids is 3. The lowest BCUT2D eigenvalue weighted by Gasteiger charge is -2.08. The number of Topliss-reactive ketones (excluding diaryl/α,β-unsaturated/α-hetero) is 2. The molecule has 0 saturated carbocycles. The zero-order valence-corrected chi connectivity index (χ0v) is 15.4. The second-order valence-electron chi connectivity index (χ2n) is 5.78. The number of esters is 1. The fourth-order valence-electron chi connectivity index (χ4n) is 2.77. The summed E-state index contributed by atoms with van der Waals surface area (Å²) in [6.07, 6.45) is 0. The largest absolute Gasteiger partial charge is 0.497 e. The smallest absolute Gasteiger partial charge is 0.338 e. The predicted octanol–water partition coefficient (Wildman–Crippen LogP) is 2.89. The lowest BCUT2D eigenvalue weighted by Crippen LogP contribution is -2.15. The first-order valence-electron chi connectivity index (χ1n) is 7.92. The van der Waals surface area contributed by atoms with Crippen molar-refractivity contribution >= 4 is 17.5 Å². The minimum absolute atomic E-state index is 0.129. The maximum Gasteiger partial charge on any atom is 0.338 e. The van der Waals surface area contributed by atoms with E-state index < -0.39 is 18.4 Å². The molecular formula is C19H21NO6. The van der Waals surface area contributed by atoms with Crippen molar-refractivity contribution in [3.8, 4) is 11.5 Å². The van der Waals surface area contributed by atoms with Crippen LogP contribution < -0.4 is 9.47 Å². The molecule has 7 nitrogen and oxygen atoms in total. The Balaban J connectivity index is 2.14. The molecule has 2 rings (SSSR count). The van der Waals surface area contributed by atoms with E-state index in [4.69, 9.17) is 14.2 Å². The van der Waals surface area contributed by atoms with Crippen LogP contribution in [0.25, 0.3) is 0 Å². The van der Waals surface area contributed by atoms with Gasteiger partial charge < -0.3 is 19.2 Å². The second-order valence-corrected chi connectivity index (χ2v) is 5.78. The molecule has 0 atom stereocenters. The van der Waals surface area contributed by atoms with Gasteiger partial charge in [-0.3, -0.25) is 9.59 Å². The van der Waals surface area contributed by atoms with Crippen molar-refractivity contribution in [2.75, 3.05) is 20.8 Å². The summed E-state index contributed by atoms with van der Waals surface area (Å²) in [6, 6.07) is 4.61. The van der Waals surface area contributed by atoms with Crippen LogP contribution in [0.2, 0.25) is 0 Å². The summed E-state index contributed by atoms with van der Waals surface area (Å²) in [5.41, 5.74) is 2.13. The Labute approximate surface area is 151 Å². The first-order valence-corrected chi connectivity index (χ1v) is 7.92. The third-order valence-corrected chi connectivity index (χ3v) is 3.99. The molecule has 0 aliphatic rings. The quantitative estimate of drug-likeness (QED) is 0.603. The highest BCUT2D eigenvalue weighted by Crippen LogP contribution is 2.23. The molecule has 1 N–H and O–H groups in total. The first kappa shape index (κ1) is 19.2. The molecule has 138 valence electrons. The van der Waals surface area contributed by atoms with Crippen LogP contribution in [-0.4, -0.2) is 43.3 Å². The van der Waals surface area contributed by atoms with E-state index in [9.17, 15) is 14.4 Å². The number of benzene rings is 1. The molecule has 7 heteroatoms. The Hall–Kier alpha value is -3.09. The third kappa shape index (κ3) is 3.93. The number of hydrogen-bond acceptors (Lipinski definition) is 6. The van der Waals surface area contributed by atoms with Gasteiger partial charge in [0.2, 0.25) is 5.78 Å². The third-order valence-electron chi connectivity index (χ3n) is 3.99. The van der Waals surface area contributed by atoms with E-state index in [2.05, 4.69) is 4.98 Å². The zero-order chi connectivity index (χ0) is 19.4. The Morgan fingerprint density at radius 3 is 2.04 bits per heavy atom. The van der Waals surface area contributed by atoms with Crippen LogP contribution in [-0.2, 0) is 4.74 Å². The molecule has 0 radical (unpaired) electrons. The van der Waals surface area contributed by atoms with Gasteiger partial charge in [-0.25, -0.2) is 4.79 Å². The maximum absolute atomic E-state index is 12.4. The van der Waals surface area contributed by atoms with Gasteiger partial charge in [0.1, 0.15) is 11.5 Å². The first-order chi connectivity index (χ1) is 12.3. The summed E-state index contributed by atoms with van der Waals surface area (Å²) in [5.74, 6) is -0.352. The van der Waals surface area contributed by atoms with Crippen molar-refractivity contribution in [3.05, 3.63) is 46.3 Å². The minimum Gasteiger partial charge on any atom is -0.497 e. The number of hydrogen-bond donors (Lipinski definition) is 1. The number of carbonyl (C=O) groups is 3. The van der Waals surface area contributed by atoms with Crippen molar-refractivity contribution in [1.29, 1.82) is 0 Å². The summed E-state index contributed by atoms with van der Waals surface area (Å²) in [4.78, 5) is 39.1. The van der Waals surface area contributed by atoms with Crippen LogP contribution in [0.3, 0.4) is 0 Å². The molecule has 1 aromatic heterocycles. The molecule has 0 unspecified atom stereocenters. The molecule has 0 aliphatic carbocycles. The molecule has 2 aromatic rings. The van der Waals surface area contributed by atoms with Crippen LogP contribution in [0.1, 0.15) is 49.4 Å². The monoisotopic (exact) mass is 359 g/mol. The molecule has 0 spiro atoms. The molecule has 0 aliphatic heterocycles. The van der Waals surface area contributed by atoms with Gasteiger partial charge in [-0.15, -0.1) is 0 Å². The lowest BCUT2D eigenvalue weighted by atomic mass is 10.1. The molecule has 1 heterocycles. The average molecular weight is 359 g/mol. The van der Waals surface area contributed by atoms with Gasteiger partial charge in [-0.2, -0.15) is 0 Å². The molecule has 0 amide bonds. The van der Waals surface area contributed by atoms with Crippen LogP contribution in [0.5, 0.6) is 11.5 Å². The number of methoxy groups -OCH3 is 2. The number of aryl methyl sites for hydroxylation is 1. The fourth-order valence-corrected chi connectivity index (χ4v) is 2.77. The minimum atomic E-state index is -0.678. The molecule has 1 aromatic carbocycles. The topological polar surface area (TPSA) is 94.7 Å². The van der Waals surface area contributed by atoms with Gasteiger partial charge in [0.15, 0.2) is 12.4 Å². The van der Waals surface area contributed by atoms with E-state index in [1.54, 1.807) is 19.9 Å². The standard InChI is InChI=1S/C19H21NO6/c1-10-17(12(3)21)11(2)20-18(10)16(22)9-26-19(23)13-6-14(24-4)8-15(7-13)25-5/h6-8,20H,9H2,1-5H3. The highest BCUT2D eigenvalue weighted by atomic mass is 16.5. The van der Waals surface area contributed by atoms with Crippen LogP contribution >= 0.6 is 0 Å². The van der Waals surface area contributed by atoms with Crippen molar-refractivity contribution in [3.63, 3.8) is 0 Å². The number of ether oxygens (including phenoxy) is 3. The Kier molecular flexibility index (Phi) is 5.82. The second kappa shape index (κ2) is 7.86. The Morgan fingerprint density at radius 1 is 1.00 bits per heavy atom. The zero-order valence-electron chi connectivity index (χ0n) is 15.4. The number of aromatic nitrogens is 1. The van der Waals surface area contributed by atoms with Gasteiger partial charge in [-0.1, -0.05) is 0 Å². The van der Waals surface area contributed by atoms with Crippen molar-refractivity contribution in [1.82, 2.24) is 4.98 Å². The van der Waals surface area contributed by atoms with Crippen molar-refractivity contribution in [2.24, 2.45) is 0 Å². The van der Waals surface area contributed by atoms with Gasteiger partial charge in [0.25, 0.3) is 0 Å². The molecular weight excluding hydrogens is 338 g/mol. The number of ketones is 2. The maximum atomic E-state index is 12.4. The molecule has 0 fully saturated rings. The molecule has 26 heavy (non-hydrogen) atoms. The van der Waals surface area contributed by atoms with Crippen LogP contribution in [0, 0.1) is 13.8 Å². The fraction of sp³-hybridized carbons (Fsp3) is 0.316. The van der Waals surface area contributed by atoms with E-state index in [0.29, 0.717) is 28.3 Å². The number of H-pyrrole nitrogens is 1. The van der Waals surface area contributed by atoms with E-state index >= 15 is 0 Å². The highest BCUT2D eigenvalue weighted by molar-refractivity contribution is 6.04. The summed E-state index contributed by atoms with van der Waals surface area (Å²) < 4.78 is 15.3. The highest BCUT2D eigenvalue weighted by Gasteiger charge is 2.21. The van der Waals surface area contributed by atoms with Crippen LogP contribution in [0.15, 0.2) is 18.2 Å². The number of nitrogens with one attached hydrogen (secondary N) is 1. The Morgan fingerprint density at radius 2 is 1.58 bits per heavy atom. The number of rotatable bonds is 7. The lowest BCUT2D eigenvalue weighted by molar-refractivity contribution is 0.0472. The summed E-state index contributed by atoms with van der Waals surface area (Å²) in [5, 5.41) is 0.